The third kappa shape index (κ3) is 9.27. The Morgan fingerprint density at radius 3 is 1.54 bits per heavy atom. The molecule has 168 valence electrons. The minimum atomic E-state index is -5.45. The van der Waals surface area contributed by atoms with Crippen LogP contribution in [0, 0.1) is 0 Å². The fourth-order valence-corrected chi connectivity index (χ4v) is 3.69. The SMILES string of the molecule is N[C@H]1C(OS(=O)(=O)O)O[C@H](COS(=O)(=O)O)[C@H](OS(=O)(=O)O)[C@@H]1OS(=O)(=O)O. The Labute approximate surface area is 158 Å². The lowest BCUT2D eigenvalue weighted by molar-refractivity contribution is -0.227. The van der Waals surface area contributed by atoms with Crippen LogP contribution < -0.4 is 5.73 Å². The Hall–Kier alpha value is -0.600. The van der Waals surface area contributed by atoms with E-state index in [1.165, 1.54) is 0 Å². The first-order valence-corrected chi connectivity index (χ1v) is 11.7. The van der Waals surface area contributed by atoms with Crippen molar-refractivity contribution in [2.75, 3.05) is 6.61 Å². The van der Waals surface area contributed by atoms with Gasteiger partial charge in [-0.1, -0.05) is 0 Å². The van der Waals surface area contributed by atoms with E-state index in [9.17, 15) is 33.7 Å². The molecule has 1 heterocycles. The third-order valence-electron chi connectivity index (χ3n) is 2.76. The van der Waals surface area contributed by atoms with Crippen molar-refractivity contribution in [3.05, 3.63) is 0 Å². The normalized spacial score (nSPS) is 30.2. The highest BCUT2D eigenvalue weighted by Gasteiger charge is 2.51. The molecule has 1 saturated heterocycles. The molecule has 5 atom stereocenters. The van der Waals surface area contributed by atoms with Crippen LogP contribution in [0.2, 0.25) is 0 Å². The molecular weight excluding hydrogens is 486 g/mol. The molecule has 1 aliphatic heterocycles. The Kier molecular flexibility index (Phi) is 7.85. The Morgan fingerprint density at radius 1 is 0.714 bits per heavy atom. The molecular formula is C6H13NO17S4. The maximum Gasteiger partial charge on any atom is 0.399 e. The zero-order chi connectivity index (χ0) is 22.1. The van der Waals surface area contributed by atoms with Crippen LogP contribution in [-0.2, 0) is 63.1 Å². The summed E-state index contributed by atoms with van der Waals surface area (Å²) in [7, 11) is -21.4. The van der Waals surface area contributed by atoms with E-state index in [4.69, 9.17) is 28.7 Å². The first-order chi connectivity index (χ1) is 12.3. The van der Waals surface area contributed by atoms with Gasteiger partial charge in [-0.3, -0.25) is 18.2 Å². The summed E-state index contributed by atoms with van der Waals surface area (Å²) in [6, 6.07) is -2.16. The summed E-state index contributed by atoms with van der Waals surface area (Å²) < 4.78 is 142. The van der Waals surface area contributed by atoms with Crippen molar-refractivity contribution in [2.45, 2.75) is 30.6 Å². The quantitative estimate of drug-likeness (QED) is 0.189. The average Bonchev–Trinajstić information content (AvgIpc) is 2.39. The topological polar surface area (TPSA) is 290 Å². The van der Waals surface area contributed by atoms with Crippen molar-refractivity contribution in [2.24, 2.45) is 5.73 Å². The summed E-state index contributed by atoms with van der Waals surface area (Å²) >= 11 is 0. The van der Waals surface area contributed by atoms with Gasteiger partial charge in [-0.05, 0) is 0 Å². The molecule has 0 aromatic heterocycles. The lowest BCUT2D eigenvalue weighted by Crippen LogP contribution is -2.65. The molecule has 6 N–H and O–H groups in total. The lowest BCUT2D eigenvalue weighted by atomic mass is 9.98. The van der Waals surface area contributed by atoms with Crippen LogP contribution in [-0.4, -0.2) is 89.1 Å². The molecule has 0 aliphatic carbocycles. The van der Waals surface area contributed by atoms with Gasteiger partial charge in [0.1, 0.15) is 18.3 Å². The Bertz CT molecular complexity index is 931. The van der Waals surface area contributed by atoms with Crippen LogP contribution in [0.15, 0.2) is 0 Å². The van der Waals surface area contributed by atoms with Gasteiger partial charge in [0, 0.05) is 0 Å². The van der Waals surface area contributed by atoms with Gasteiger partial charge in [0.2, 0.25) is 0 Å². The van der Waals surface area contributed by atoms with Gasteiger partial charge < -0.3 is 10.5 Å². The summed E-state index contributed by atoms with van der Waals surface area (Å²) in [5, 5.41) is 0. The van der Waals surface area contributed by atoms with E-state index in [-0.39, 0.29) is 0 Å². The predicted molar refractivity (Wildman–Crippen MR) is 79.6 cm³/mol. The molecule has 0 spiro atoms. The first kappa shape index (κ1) is 25.4. The molecule has 18 nitrogen and oxygen atoms in total. The first-order valence-electron chi connectivity index (χ1n) is 6.27. The molecule has 0 saturated carbocycles. The van der Waals surface area contributed by atoms with Crippen molar-refractivity contribution >= 4 is 41.6 Å². The van der Waals surface area contributed by atoms with Crippen molar-refractivity contribution in [3.8, 4) is 0 Å². The maximum absolute atomic E-state index is 11.0. The monoisotopic (exact) mass is 499 g/mol. The molecule has 1 unspecified atom stereocenters. The van der Waals surface area contributed by atoms with Crippen molar-refractivity contribution in [1.82, 2.24) is 0 Å². The van der Waals surface area contributed by atoms with Gasteiger partial charge in [0.05, 0.1) is 12.6 Å². The van der Waals surface area contributed by atoms with Gasteiger partial charge in [-0.15, -0.1) is 0 Å². The largest absolute Gasteiger partial charge is 0.399 e. The van der Waals surface area contributed by atoms with Gasteiger partial charge in [0.15, 0.2) is 6.29 Å². The molecule has 1 aliphatic rings. The molecule has 1 rings (SSSR count). The van der Waals surface area contributed by atoms with E-state index < -0.39 is 78.8 Å². The second-order valence-corrected chi connectivity index (χ2v) is 9.07. The van der Waals surface area contributed by atoms with Crippen molar-refractivity contribution < 1.29 is 73.4 Å². The lowest BCUT2D eigenvalue weighted by Gasteiger charge is -2.41. The van der Waals surface area contributed by atoms with Crippen LogP contribution in [0.1, 0.15) is 0 Å². The van der Waals surface area contributed by atoms with E-state index in [1.54, 1.807) is 0 Å². The van der Waals surface area contributed by atoms with E-state index in [2.05, 4.69) is 16.7 Å². The number of nitrogens with two attached hydrogens (primary N) is 1. The van der Waals surface area contributed by atoms with Crippen LogP contribution in [0.25, 0.3) is 0 Å². The molecule has 0 aromatic carbocycles. The summed E-state index contributed by atoms with van der Waals surface area (Å²) in [6.45, 7) is -1.40. The van der Waals surface area contributed by atoms with Crippen LogP contribution in [0.4, 0.5) is 0 Å². The second kappa shape index (κ2) is 8.64. The summed E-state index contributed by atoms with van der Waals surface area (Å²) in [4.78, 5) is 0. The average molecular weight is 499 g/mol. The molecule has 1 fully saturated rings. The highest BCUT2D eigenvalue weighted by atomic mass is 32.3. The molecule has 0 radical (unpaired) electrons. The maximum atomic E-state index is 11.0. The van der Waals surface area contributed by atoms with E-state index in [0.29, 0.717) is 0 Å². The standard InChI is InChI=1S/C6H13NO17S4/c7-3-5(23-27(14,15)16)4(22-26(11,12)13)2(1-20-25(8,9)10)21-6(3)24-28(17,18)19/h2-6H,1,7H2,(H,8,9,10)(H,11,12,13)(H,14,15,16)(H,17,18,19)/t2-,3-,4+,5-,6?/m1/s1. The zero-order valence-corrected chi connectivity index (χ0v) is 16.2. The van der Waals surface area contributed by atoms with Crippen LogP contribution >= 0.6 is 0 Å². The van der Waals surface area contributed by atoms with Gasteiger partial charge in [-0.2, -0.15) is 33.7 Å². The minimum Gasteiger partial charge on any atom is -0.341 e. The molecule has 0 aromatic rings. The number of rotatable bonds is 9. The highest BCUT2D eigenvalue weighted by Crippen LogP contribution is 2.28. The molecule has 0 amide bonds. The summed E-state index contributed by atoms with van der Waals surface area (Å²) in [5.74, 6) is 0. The summed E-state index contributed by atoms with van der Waals surface area (Å²) in [5.41, 5.74) is 5.40. The third-order valence-corrected chi connectivity index (χ3v) is 4.55. The van der Waals surface area contributed by atoms with Gasteiger partial charge in [-0.25, -0.2) is 16.7 Å². The predicted octanol–water partition coefficient (Wildman–Crippen LogP) is -3.95. The van der Waals surface area contributed by atoms with Crippen LogP contribution in [0.3, 0.4) is 0 Å². The van der Waals surface area contributed by atoms with E-state index in [1.807, 2.05) is 0 Å². The van der Waals surface area contributed by atoms with Gasteiger partial charge >= 0.3 is 41.6 Å². The number of ether oxygens (including phenoxy) is 1. The van der Waals surface area contributed by atoms with Crippen molar-refractivity contribution in [1.29, 1.82) is 0 Å². The van der Waals surface area contributed by atoms with Gasteiger partial charge in [0.25, 0.3) is 0 Å². The Balaban J connectivity index is 3.38. The highest BCUT2D eigenvalue weighted by molar-refractivity contribution is 7.81. The molecule has 0 bridgehead atoms. The fourth-order valence-electron chi connectivity index (χ4n) is 1.94. The smallest absolute Gasteiger partial charge is 0.341 e. The fraction of sp³-hybridized carbons (Fsp3) is 1.00. The van der Waals surface area contributed by atoms with E-state index in [0.717, 1.165) is 0 Å². The summed E-state index contributed by atoms with van der Waals surface area (Å²) in [6.07, 6.45) is -9.40. The number of hydrogen-bond donors (Lipinski definition) is 5. The zero-order valence-electron chi connectivity index (χ0n) is 12.9. The van der Waals surface area contributed by atoms with E-state index >= 15 is 0 Å². The Morgan fingerprint density at radius 2 is 1.14 bits per heavy atom. The minimum absolute atomic E-state index is 1.40. The van der Waals surface area contributed by atoms with Crippen molar-refractivity contribution in [3.63, 3.8) is 0 Å². The molecule has 22 heteroatoms. The second-order valence-electron chi connectivity index (χ2n) is 4.83. The number of hydrogen-bond acceptors (Lipinski definition) is 14. The van der Waals surface area contributed by atoms with Crippen LogP contribution in [0.5, 0.6) is 0 Å². The molecule has 28 heavy (non-hydrogen) atoms.